The van der Waals surface area contributed by atoms with Gasteiger partial charge in [0, 0.05) is 24.4 Å². The topological polar surface area (TPSA) is 41.9 Å². The average molecular weight is 286 g/mol. The highest BCUT2D eigenvalue weighted by Gasteiger charge is 2.35. The van der Waals surface area contributed by atoms with Gasteiger partial charge in [-0.3, -0.25) is 4.79 Å². The van der Waals surface area contributed by atoms with Gasteiger partial charge >= 0.3 is 0 Å². The first-order chi connectivity index (χ1) is 10.2. The van der Waals surface area contributed by atoms with Crippen molar-refractivity contribution in [2.45, 2.75) is 39.2 Å². The number of hydrogen-bond donors (Lipinski definition) is 0. The molecule has 0 aromatic heterocycles. The standard InChI is InChI=1S/C17H22N2O2/c1-3-19(17(20)13-8-9-13)11-14-10-16(18-21-14)15-7-5-4-6-12(15)2/h4-7,13-14H,3,8-11H2,1-2H3. The van der Waals surface area contributed by atoms with Crippen LogP contribution in [-0.2, 0) is 9.63 Å². The molecule has 1 aromatic carbocycles. The highest BCUT2D eigenvalue weighted by atomic mass is 16.6. The van der Waals surface area contributed by atoms with Crippen LogP contribution in [0.15, 0.2) is 29.4 Å². The van der Waals surface area contributed by atoms with Crippen LogP contribution in [0.4, 0.5) is 0 Å². The van der Waals surface area contributed by atoms with Crippen LogP contribution in [0, 0.1) is 12.8 Å². The van der Waals surface area contributed by atoms with Crippen LogP contribution in [0.5, 0.6) is 0 Å². The van der Waals surface area contributed by atoms with Crippen LogP contribution >= 0.6 is 0 Å². The van der Waals surface area contributed by atoms with Gasteiger partial charge in [-0.2, -0.15) is 0 Å². The first kappa shape index (κ1) is 14.1. The van der Waals surface area contributed by atoms with Gasteiger partial charge in [-0.05, 0) is 32.3 Å². The van der Waals surface area contributed by atoms with Gasteiger partial charge in [-0.15, -0.1) is 0 Å². The Morgan fingerprint density at radius 3 is 2.81 bits per heavy atom. The number of carbonyl (C=O) groups is 1. The fraction of sp³-hybridized carbons (Fsp3) is 0.529. The van der Waals surface area contributed by atoms with Crippen molar-refractivity contribution in [2.75, 3.05) is 13.1 Å². The maximum Gasteiger partial charge on any atom is 0.225 e. The zero-order valence-electron chi connectivity index (χ0n) is 12.7. The number of nitrogens with zero attached hydrogens (tertiary/aromatic N) is 2. The molecule has 1 saturated carbocycles. The van der Waals surface area contributed by atoms with Crippen molar-refractivity contribution in [2.24, 2.45) is 11.1 Å². The molecule has 1 heterocycles. The second-order valence-electron chi connectivity index (χ2n) is 5.94. The van der Waals surface area contributed by atoms with Crippen LogP contribution < -0.4 is 0 Å². The number of rotatable bonds is 5. The van der Waals surface area contributed by atoms with E-state index in [-0.39, 0.29) is 17.9 Å². The molecule has 0 N–H and O–H groups in total. The monoisotopic (exact) mass is 286 g/mol. The highest BCUT2D eigenvalue weighted by Crippen LogP contribution is 2.31. The van der Waals surface area contributed by atoms with E-state index in [0.717, 1.165) is 37.1 Å². The molecule has 1 aliphatic heterocycles. The number of hydrogen-bond acceptors (Lipinski definition) is 3. The summed E-state index contributed by atoms with van der Waals surface area (Å²) in [6.45, 7) is 5.50. The summed E-state index contributed by atoms with van der Waals surface area (Å²) in [6.07, 6.45) is 2.86. The Morgan fingerprint density at radius 1 is 1.38 bits per heavy atom. The van der Waals surface area contributed by atoms with Gasteiger partial charge in [0.15, 0.2) is 6.10 Å². The fourth-order valence-corrected chi connectivity index (χ4v) is 2.79. The largest absolute Gasteiger partial charge is 0.390 e. The van der Waals surface area contributed by atoms with Crippen molar-refractivity contribution >= 4 is 11.6 Å². The number of carbonyl (C=O) groups excluding carboxylic acids is 1. The van der Waals surface area contributed by atoms with Crippen molar-refractivity contribution in [3.05, 3.63) is 35.4 Å². The molecule has 1 aromatic rings. The number of likely N-dealkylation sites (N-methyl/N-ethyl adjacent to an activating group) is 1. The Balaban J connectivity index is 1.61. The lowest BCUT2D eigenvalue weighted by molar-refractivity contribution is -0.134. The second kappa shape index (κ2) is 5.88. The maximum atomic E-state index is 12.2. The van der Waals surface area contributed by atoms with Crippen molar-refractivity contribution in [3.8, 4) is 0 Å². The van der Waals surface area contributed by atoms with Crippen LogP contribution in [-0.4, -0.2) is 35.7 Å². The molecule has 0 radical (unpaired) electrons. The molecular weight excluding hydrogens is 264 g/mol. The third-order valence-corrected chi connectivity index (χ3v) is 4.23. The quantitative estimate of drug-likeness (QED) is 0.835. The van der Waals surface area contributed by atoms with Gasteiger partial charge in [-0.25, -0.2) is 0 Å². The molecule has 4 nitrogen and oxygen atoms in total. The Kier molecular flexibility index (Phi) is 3.95. The Morgan fingerprint density at radius 2 is 2.14 bits per heavy atom. The minimum absolute atomic E-state index is 0.0118. The normalized spacial score (nSPS) is 20.9. The maximum absolute atomic E-state index is 12.2. The smallest absolute Gasteiger partial charge is 0.225 e. The van der Waals surface area contributed by atoms with E-state index in [4.69, 9.17) is 4.84 Å². The molecule has 0 spiro atoms. The lowest BCUT2D eigenvalue weighted by atomic mass is 10.0. The molecule has 1 atom stereocenters. The summed E-state index contributed by atoms with van der Waals surface area (Å²) >= 11 is 0. The highest BCUT2D eigenvalue weighted by molar-refractivity contribution is 6.02. The Labute approximate surface area is 125 Å². The van der Waals surface area contributed by atoms with E-state index in [1.165, 1.54) is 5.56 Å². The van der Waals surface area contributed by atoms with Crippen LogP contribution in [0.25, 0.3) is 0 Å². The predicted octanol–water partition coefficient (Wildman–Crippen LogP) is 2.75. The van der Waals surface area contributed by atoms with Crippen LogP contribution in [0.3, 0.4) is 0 Å². The molecule has 112 valence electrons. The van der Waals surface area contributed by atoms with Gasteiger partial charge < -0.3 is 9.74 Å². The molecule has 1 amide bonds. The van der Waals surface area contributed by atoms with Crippen molar-refractivity contribution in [1.82, 2.24) is 4.90 Å². The summed E-state index contributed by atoms with van der Waals surface area (Å²) in [5, 5.41) is 4.23. The molecule has 1 aliphatic carbocycles. The molecule has 3 rings (SSSR count). The molecule has 4 heteroatoms. The zero-order valence-corrected chi connectivity index (χ0v) is 12.7. The van der Waals surface area contributed by atoms with E-state index in [2.05, 4.69) is 24.2 Å². The first-order valence-electron chi connectivity index (χ1n) is 7.76. The molecule has 1 fully saturated rings. The Bertz CT molecular complexity index is 564. The van der Waals surface area contributed by atoms with E-state index in [9.17, 15) is 4.79 Å². The van der Waals surface area contributed by atoms with E-state index in [1.807, 2.05) is 24.0 Å². The van der Waals surface area contributed by atoms with Crippen molar-refractivity contribution < 1.29 is 9.63 Å². The fourth-order valence-electron chi connectivity index (χ4n) is 2.79. The lowest BCUT2D eigenvalue weighted by Gasteiger charge is -2.23. The average Bonchev–Trinajstić information content (AvgIpc) is 3.24. The molecule has 0 saturated heterocycles. The zero-order chi connectivity index (χ0) is 14.8. The predicted molar refractivity (Wildman–Crippen MR) is 82.2 cm³/mol. The third-order valence-electron chi connectivity index (χ3n) is 4.23. The second-order valence-corrected chi connectivity index (χ2v) is 5.94. The first-order valence-corrected chi connectivity index (χ1v) is 7.76. The van der Waals surface area contributed by atoms with Gasteiger partial charge in [0.25, 0.3) is 0 Å². The van der Waals surface area contributed by atoms with E-state index < -0.39 is 0 Å². The van der Waals surface area contributed by atoms with Crippen molar-refractivity contribution in [1.29, 1.82) is 0 Å². The summed E-state index contributed by atoms with van der Waals surface area (Å²) in [5.74, 6) is 0.550. The summed E-state index contributed by atoms with van der Waals surface area (Å²) in [4.78, 5) is 19.6. The van der Waals surface area contributed by atoms with Crippen LogP contribution in [0.2, 0.25) is 0 Å². The Hall–Kier alpha value is -1.84. The van der Waals surface area contributed by atoms with E-state index in [0.29, 0.717) is 6.54 Å². The minimum Gasteiger partial charge on any atom is -0.390 e. The number of aryl methyl sites for hydroxylation is 1. The lowest BCUT2D eigenvalue weighted by Crippen LogP contribution is -2.38. The summed E-state index contributed by atoms with van der Waals surface area (Å²) in [6, 6.07) is 8.21. The molecule has 1 unspecified atom stereocenters. The molecule has 2 aliphatic rings. The van der Waals surface area contributed by atoms with Crippen LogP contribution in [0.1, 0.15) is 37.3 Å². The number of benzene rings is 1. The van der Waals surface area contributed by atoms with Gasteiger partial charge in [-0.1, -0.05) is 29.4 Å². The molecule has 0 bridgehead atoms. The summed E-state index contributed by atoms with van der Waals surface area (Å²) < 4.78 is 0. The molecular formula is C17H22N2O2. The summed E-state index contributed by atoms with van der Waals surface area (Å²) in [5.41, 5.74) is 3.35. The SMILES string of the molecule is CCN(CC1CC(c2ccccc2C)=NO1)C(=O)C1CC1. The van der Waals surface area contributed by atoms with Gasteiger partial charge in [0.1, 0.15) is 0 Å². The minimum atomic E-state index is -0.0118. The van der Waals surface area contributed by atoms with E-state index in [1.54, 1.807) is 0 Å². The molecule has 21 heavy (non-hydrogen) atoms. The summed E-state index contributed by atoms with van der Waals surface area (Å²) in [7, 11) is 0. The third kappa shape index (κ3) is 3.09. The van der Waals surface area contributed by atoms with E-state index >= 15 is 0 Å². The van der Waals surface area contributed by atoms with Gasteiger partial charge in [0.2, 0.25) is 5.91 Å². The van der Waals surface area contributed by atoms with Crippen molar-refractivity contribution in [3.63, 3.8) is 0 Å². The number of oxime groups is 1. The number of amides is 1. The van der Waals surface area contributed by atoms with Gasteiger partial charge in [0.05, 0.1) is 12.3 Å².